The number of hydrogen-bond donors (Lipinski definition) is 1. The molecular weight excluding hydrogens is 208 g/mol. The maximum atomic E-state index is 9.07. The molecule has 0 aliphatic carbocycles. The molecule has 0 atom stereocenters. The van der Waals surface area contributed by atoms with Crippen LogP contribution in [-0.2, 0) is 4.74 Å². The number of aliphatic hydroxyl groups excluding tert-OH is 1. The van der Waals surface area contributed by atoms with Gasteiger partial charge in [-0.2, -0.15) is 0 Å². The van der Waals surface area contributed by atoms with E-state index in [1.807, 2.05) is 0 Å². The van der Waals surface area contributed by atoms with E-state index in [4.69, 9.17) is 9.84 Å². The first kappa shape index (κ1) is 14.4. The Balaban J connectivity index is 3.39. The molecule has 4 heteroatoms. The topological polar surface area (TPSA) is 29.5 Å². The third-order valence-electron chi connectivity index (χ3n) is 2.14. The molecule has 86 valence electrons. The van der Waals surface area contributed by atoms with Crippen LogP contribution < -0.4 is 0 Å². The average molecular weight is 234 g/mol. The maximum Gasteiger partial charge on any atom is 0.106 e. The standard InChI is InChI=1S/C10H26O2Si2/c1-13(2,3)8-6-7-12-10-14(4,5)9-11/h11H,6-10H2,1-5H3. The Kier molecular flexibility index (Phi) is 6.20. The summed E-state index contributed by atoms with van der Waals surface area (Å²) < 4.78 is 5.61. The summed E-state index contributed by atoms with van der Waals surface area (Å²) in [6.07, 6.45) is 2.32. The third kappa shape index (κ3) is 8.93. The van der Waals surface area contributed by atoms with Gasteiger partial charge in [-0.3, -0.25) is 0 Å². The van der Waals surface area contributed by atoms with E-state index in [-0.39, 0.29) is 0 Å². The van der Waals surface area contributed by atoms with Gasteiger partial charge >= 0.3 is 0 Å². The summed E-state index contributed by atoms with van der Waals surface area (Å²) in [5.74, 6) is 0. The molecule has 0 aliphatic heterocycles. The van der Waals surface area contributed by atoms with Crippen LogP contribution in [0, 0.1) is 0 Å². The average Bonchev–Trinajstić information content (AvgIpc) is 2.01. The Morgan fingerprint density at radius 1 is 1.07 bits per heavy atom. The van der Waals surface area contributed by atoms with Crippen LogP contribution in [0.2, 0.25) is 38.8 Å². The van der Waals surface area contributed by atoms with Crippen LogP contribution in [-0.4, -0.2) is 40.3 Å². The molecule has 0 spiro atoms. The third-order valence-corrected chi connectivity index (χ3v) is 5.83. The number of ether oxygens (including phenoxy) is 1. The molecule has 0 radical (unpaired) electrons. The molecule has 0 aromatic rings. The summed E-state index contributed by atoms with van der Waals surface area (Å²) >= 11 is 0. The fourth-order valence-electron chi connectivity index (χ4n) is 1.10. The van der Waals surface area contributed by atoms with Crippen LogP contribution in [0.1, 0.15) is 6.42 Å². The van der Waals surface area contributed by atoms with Gasteiger partial charge in [-0.05, 0) is 6.42 Å². The monoisotopic (exact) mass is 234 g/mol. The lowest BCUT2D eigenvalue weighted by atomic mass is 10.5. The van der Waals surface area contributed by atoms with Crippen molar-refractivity contribution in [3.63, 3.8) is 0 Å². The second-order valence-corrected chi connectivity index (χ2v) is 16.6. The fraction of sp³-hybridized carbons (Fsp3) is 1.00. The number of aliphatic hydroxyl groups is 1. The highest BCUT2D eigenvalue weighted by atomic mass is 28.3. The van der Waals surface area contributed by atoms with Crippen molar-refractivity contribution in [1.29, 1.82) is 0 Å². The molecule has 0 heterocycles. The first-order valence-electron chi connectivity index (χ1n) is 5.45. The Labute approximate surface area is 90.7 Å². The molecule has 0 amide bonds. The van der Waals surface area contributed by atoms with Crippen molar-refractivity contribution in [2.45, 2.75) is 45.2 Å². The first-order valence-corrected chi connectivity index (χ1v) is 12.6. The van der Waals surface area contributed by atoms with Crippen molar-refractivity contribution in [2.75, 3.05) is 19.1 Å². The van der Waals surface area contributed by atoms with E-state index in [9.17, 15) is 0 Å². The van der Waals surface area contributed by atoms with Gasteiger partial charge in [0.2, 0.25) is 0 Å². The van der Waals surface area contributed by atoms with Crippen LogP contribution >= 0.6 is 0 Å². The molecule has 0 rings (SSSR count). The Bertz CT molecular complexity index is 153. The van der Waals surface area contributed by atoms with Gasteiger partial charge in [0.25, 0.3) is 0 Å². The molecule has 1 N–H and O–H groups in total. The molecule has 0 unspecified atom stereocenters. The van der Waals surface area contributed by atoms with Gasteiger partial charge in [-0.1, -0.05) is 38.8 Å². The van der Waals surface area contributed by atoms with Crippen LogP contribution in [0.5, 0.6) is 0 Å². The van der Waals surface area contributed by atoms with Gasteiger partial charge in [0.1, 0.15) is 8.07 Å². The van der Waals surface area contributed by atoms with Gasteiger partial charge in [-0.25, -0.2) is 0 Å². The van der Waals surface area contributed by atoms with Crippen molar-refractivity contribution in [2.24, 2.45) is 0 Å². The van der Waals surface area contributed by atoms with Gasteiger partial charge in [0.05, 0.1) is 0 Å². The summed E-state index contributed by atoms with van der Waals surface area (Å²) in [5.41, 5.74) is 0. The SMILES string of the molecule is C[Si](C)(C)CCCOC[Si](C)(C)CO. The number of rotatable bonds is 7. The zero-order valence-corrected chi connectivity index (χ0v) is 12.4. The van der Waals surface area contributed by atoms with Crippen molar-refractivity contribution in [3.8, 4) is 0 Å². The van der Waals surface area contributed by atoms with E-state index in [1.54, 1.807) is 0 Å². The van der Waals surface area contributed by atoms with E-state index in [0.717, 1.165) is 12.8 Å². The molecule has 0 fully saturated rings. The lowest BCUT2D eigenvalue weighted by molar-refractivity contribution is 0.169. The minimum absolute atomic E-state index is 0.334. The number of hydrogen-bond acceptors (Lipinski definition) is 2. The highest BCUT2D eigenvalue weighted by Gasteiger charge is 2.19. The van der Waals surface area contributed by atoms with Crippen molar-refractivity contribution in [3.05, 3.63) is 0 Å². The summed E-state index contributed by atoms with van der Waals surface area (Å²) in [6, 6.07) is 1.34. The maximum absolute atomic E-state index is 9.07. The highest BCUT2D eigenvalue weighted by molar-refractivity contribution is 6.77. The van der Waals surface area contributed by atoms with Crippen LogP contribution in [0.25, 0.3) is 0 Å². The van der Waals surface area contributed by atoms with Gasteiger partial charge < -0.3 is 9.84 Å². The largest absolute Gasteiger partial charge is 0.400 e. The normalized spacial score (nSPS) is 13.3. The van der Waals surface area contributed by atoms with E-state index >= 15 is 0 Å². The first-order chi connectivity index (χ1) is 6.27. The van der Waals surface area contributed by atoms with Crippen LogP contribution in [0.15, 0.2) is 0 Å². The zero-order chi connectivity index (χ0) is 11.2. The summed E-state index contributed by atoms with van der Waals surface area (Å²) in [4.78, 5) is 0. The minimum atomic E-state index is -1.43. The molecule has 0 saturated carbocycles. The molecule has 0 aliphatic rings. The lowest BCUT2D eigenvalue weighted by Gasteiger charge is -2.20. The highest BCUT2D eigenvalue weighted by Crippen LogP contribution is 2.11. The van der Waals surface area contributed by atoms with Crippen LogP contribution in [0.4, 0.5) is 0 Å². The Morgan fingerprint density at radius 3 is 2.07 bits per heavy atom. The summed E-state index contributed by atoms with van der Waals surface area (Å²) in [7, 11) is -2.31. The second-order valence-electron chi connectivity index (χ2n) is 6.04. The molecule has 14 heavy (non-hydrogen) atoms. The zero-order valence-electron chi connectivity index (χ0n) is 10.4. The molecule has 2 nitrogen and oxygen atoms in total. The predicted molar refractivity (Wildman–Crippen MR) is 68.2 cm³/mol. The summed E-state index contributed by atoms with van der Waals surface area (Å²) in [5, 5.41) is 9.07. The minimum Gasteiger partial charge on any atom is -0.400 e. The van der Waals surface area contributed by atoms with E-state index in [2.05, 4.69) is 32.7 Å². The van der Waals surface area contributed by atoms with Crippen molar-refractivity contribution in [1.82, 2.24) is 0 Å². The van der Waals surface area contributed by atoms with Crippen LogP contribution in [0.3, 0.4) is 0 Å². The molecule has 0 aromatic carbocycles. The van der Waals surface area contributed by atoms with Gasteiger partial charge in [-0.15, -0.1) is 0 Å². The fourth-order valence-corrected chi connectivity index (χ4v) is 3.09. The molecule has 0 bridgehead atoms. The second kappa shape index (κ2) is 6.05. The smallest absolute Gasteiger partial charge is 0.106 e. The van der Waals surface area contributed by atoms with Gasteiger partial charge in [0, 0.05) is 27.1 Å². The van der Waals surface area contributed by atoms with E-state index in [1.165, 1.54) is 12.5 Å². The van der Waals surface area contributed by atoms with E-state index < -0.39 is 16.1 Å². The molecular formula is C10H26O2Si2. The van der Waals surface area contributed by atoms with E-state index in [0.29, 0.717) is 6.23 Å². The molecule has 0 saturated heterocycles. The quantitative estimate of drug-likeness (QED) is 0.542. The molecule has 0 aromatic heterocycles. The van der Waals surface area contributed by atoms with Crippen molar-refractivity contribution >= 4 is 16.1 Å². The summed E-state index contributed by atoms with van der Waals surface area (Å²) in [6.45, 7) is 12.4. The Morgan fingerprint density at radius 2 is 1.64 bits per heavy atom. The van der Waals surface area contributed by atoms with Crippen molar-refractivity contribution < 1.29 is 9.84 Å². The predicted octanol–water partition coefficient (Wildman–Crippen LogP) is 2.51. The van der Waals surface area contributed by atoms with Gasteiger partial charge in [0.15, 0.2) is 0 Å². The lowest BCUT2D eigenvalue weighted by Crippen LogP contribution is -2.37. The Hall–Kier alpha value is 0.354.